The van der Waals surface area contributed by atoms with Gasteiger partial charge in [-0.25, -0.2) is 0 Å². The van der Waals surface area contributed by atoms with Crippen molar-refractivity contribution in [3.8, 4) is 12.1 Å². The summed E-state index contributed by atoms with van der Waals surface area (Å²) in [7, 11) is 0. The van der Waals surface area contributed by atoms with E-state index in [1.54, 1.807) is 18.2 Å². The molecule has 130 valence electrons. The topological polar surface area (TPSA) is 81.7 Å². The highest BCUT2D eigenvalue weighted by Gasteiger charge is 2.49. The van der Waals surface area contributed by atoms with E-state index >= 15 is 0 Å². The van der Waals surface area contributed by atoms with Crippen LogP contribution in [0, 0.1) is 38.9 Å². The molecule has 0 amide bonds. The molecule has 0 fully saturated rings. The first-order chi connectivity index (χ1) is 11.5. The summed E-state index contributed by atoms with van der Waals surface area (Å²) in [5.74, 6) is -0.449. The van der Waals surface area contributed by atoms with Crippen LogP contribution in [-0.4, -0.2) is 11.6 Å². The molecule has 0 aromatic carbocycles. The summed E-state index contributed by atoms with van der Waals surface area (Å²) in [6.45, 7) is 9.76. The maximum absolute atomic E-state index is 12.5. The summed E-state index contributed by atoms with van der Waals surface area (Å²) in [6, 6.07) is 4.02. The Bertz CT molecular complexity index is 814. The fourth-order valence-electron chi connectivity index (χ4n) is 4.53. The number of carbonyl (C=O) groups is 2. The molecule has 0 N–H and O–H groups in total. The van der Waals surface area contributed by atoms with Gasteiger partial charge < -0.3 is 0 Å². The van der Waals surface area contributed by atoms with Gasteiger partial charge >= 0.3 is 0 Å². The van der Waals surface area contributed by atoms with Crippen molar-refractivity contribution in [1.82, 2.24) is 0 Å². The summed E-state index contributed by atoms with van der Waals surface area (Å²) in [5, 5.41) is 18.7. The summed E-state index contributed by atoms with van der Waals surface area (Å²) in [5.41, 5.74) is -0.500. The largest absolute Gasteiger partial charge is 0.293 e. The second-order valence-electron chi connectivity index (χ2n) is 8.24. The Kier molecular flexibility index (Phi) is 4.62. The van der Waals surface area contributed by atoms with E-state index in [-0.39, 0.29) is 22.7 Å². The minimum Gasteiger partial charge on any atom is -0.293 e. The number of carbonyl (C=O) groups excluding carboxylic acids is 2. The quantitative estimate of drug-likeness (QED) is 0.773. The molecule has 4 nitrogen and oxygen atoms in total. The molecule has 0 saturated heterocycles. The minimum atomic E-state index is -0.676. The molecule has 25 heavy (non-hydrogen) atoms. The number of nitrogens with zero attached hydrogens (tertiary/aromatic N) is 2. The zero-order valence-electron chi connectivity index (χ0n) is 15.6. The molecule has 2 atom stereocenters. The van der Waals surface area contributed by atoms with E-state index in [2.05, 4.69) is 6.92 Å². The Morgan fingerprint density at radius 2 is 1.64 bits per heavy atom. The Morgan fingerprint density at radius 3 is 2.16 bits per heavy atom. The molecule has 0 radical (unpaired) electrons. The van der Waals surface area contributed by atoms with E-state index in [9.17, 15) is 20.1 Å². The molecule has 0 unspecified atom stereocenters. The van der Waals surface area contributed by atoms with Crippen molar-refractivity contribution in [3.05, 3.63) is 34.9 Å². The normalized spacial score (nSPS) is 31.4. The van der Waals surface area contributed by atoms with Gasteiger partial charge in [-0.05, 0) is 24.5 Å². The van der Waals surface area contributed by atoms with Crippen molar-refractivity contribution < 1.29 is 9.59 Å². The molecular formula is C21H24N2O2. The van der Waals surface area contributed by atoms with Gasteiger partial charge in [-0.1, -0.05) is 53.2 Å². The fourth-order valence-corrected chi connectivity index (χ4v) is 4.53. The van der Waals surface area contributed by atoms with E-state index in [1.165, 1.54) is 0 Å². The summed E-state index contributed by atoms with van der Waals surface area (Å²) in [6.07, 6.45) is 7.26. The third-order valence-corrected chi connectivity index (χ3v) is 5.38. The maximum Gasteiger partial charge on any atom is 0.196 e. The molecule has 4 heteroatoms. The van der Waals surface area contributed by atoms with E-state index in [0.29, 0.717) is 6.42 Å². The Hall–Kier alpha value is -2.46. The van der Waals surface area contributed by atoms with Gasteiger partial charge in [-0.3, -0.25) is 9.59 Å². The van der Waals surface area contributed by atoms with Crippen LogP contribution in [0.25, 0.3) is 0 Å². The van der Waals surface area contributed by atoms with Crippen molar-refractivity contribution in [3.63, 3.8) is 0 Å². The third kappa shape index (κ3) is 3.10. The molecule has 0 heterocycles. The predicted molar refractivity (Wildman–Crippen MR) is 95.0 cm³/mol. The van der Waals surface area contributed by atoms with Crippen LogP contribution < -0.4 is 0 Å². The molecule has 0 aromatic rings. The van der Waals surface area contributed by atoms with Crippen molar-refractivity contribution in [2.75, 3.05) is 0 Å². The maximum atomic E-state index is 12.5. The second kappa shape index (κ2) is 6.12. The molecule has 0 saturated carbocycles. The summed E-state index contributed by atoms with van der Waals surface area (Å²) < 4.78 is 0. The number of hydrogen-bond acceptors (Lipinski definition) is 4. The predicted octanol–water partition coefficient (Wildman–Crippen LogP) is 4.21. The Labute approximate surface area is 149 Å². The molecule has 0 aromatic heterocycles. The van der Waals surface area contributed by atoms with Crippen molar-refractivity contribution in [2.45, 2.75) is 53.9 Å². The molecule has 0 aliphatic heterocycles. The van der Waals surface area contributed by atoms with Gasteiger partial charge in [-0.2, -0.15) is 10.5 Å². The lowest BCUT2D eigenvalue weighted by Gasteiger charge is -2.46. The zero-order chi connectivity index (χ0) is 19.0. The SMILES string of the molecule is CCC[C@]1(C)C=C(C#N)C(=O)C=C1[C@]1(C)C=C(C#N)C(=O)C(C)(C)C1. The van der Waals surface area contributed by atoms with Gasteiger partial charge in [0.05, 0.1) is 11.1 Å². The first-order valence-corrected chi connectivity index (χ1v) is 8.61. The van der Waals surface area contributed by atoms with Gasteiger partial charge in [0.25, 0.3) is 0 Å². The second-order valence-corrected chi connectivity index (χ2v) is 8.24. The van der Waals surface area contributed by atoms with Crippen LogP contribution in [0.5, 0.6) is 0 Å². The lowest BCUT2D eigenvalue weighted by atomic mass is 9.55. The van der Waals surface area contributed by atoms with E-state index in [1.807, 2.05) is 39.8 Å². The van der Waals surface area contributed by atoms with E-state index < -0.39 is 16.2 Å². The Balaban J connectivity index is 2.68. The first kappa shape index (κ1) is 18.9. The van der Waals surface area contributed by atoms with Crippen LogP contribution >= 0.6 is 0 Å². The molecular weight excluding hydrogens is 312 g/mol. The number of allylic oxidation sites excluding steroid dienone is 6. The average Bonchev–Trinajstić information content (AvgIpc) is 2.52. The van der Waals surface area contributed by atoms with Crippen LogP contribution in [0.4, 0.5) is 0 Å². The minimum absolute atomic E-state index is 0.152. The monoisotopic (exact) mass is 336 g/mol. The number of Topliss-reactive ketones (excluding diaryl/α,β-unsaturated/α-hetero) is 1. The van der Waals surface area contributed by atoms with E-state index in [0.717, 1.165) is 18.4 Å². The zero-order valence-corrected chi connectivity index (χ0v) is 15.6. The van der Waals surface area contributed by atoms with E-state index in [4.69, 9.17) is 0 Å². The molecule has 0 spiro atoms. The van der Waals surface area contributed by atoms with Crippen LogP contribution in [0.3, 0.4) is 0 Å². The van der Waals surface area contributed by atoms with Crippen molar-refractivity contribution in [2.24, 2.45) is 16.2 Å². The smallest absolute Gasteiger partial charge is 0.196 e. The van der Waals surface area contributed by atoms with Gasteiger partial charge in [-0.15, -0.1) is 0 Å². The molecule has 2 rings (SSSR count). The third-order valence-electron chi connectivity index (χ3n) is 5.38. The number of rotatable bonds is 3. The fraction of sp³-hybridized carbons (Fsp3) is 0.524. The van der Waals surface area contributed by atoms with Crippen molar-refractivity contribution >= 4 is 11.6 Å². The highest BCUT2D eigenvalue weighted by atomic mass is 16.1. The molecule has 2 aliphatic rings. The van der Waals surface area contributed by atoms with Crippen LogP contribution in [0.1, 0.15) is 53.9 Å². The highest BCUT2D eigenvalue weighted by Crippen LogP contribution is 2.54. The average molecular weight is 336 g/mol. The standard InChI is InChI=1S/C21H24N2O2/c1-6-7-20(4)9-14(11-22)16(24)8-17(20)21(5)10-15(12-23)18(25)19(2,3)13-21/h8-10H,6-7,13H2,1-5H3/t20-,21-/m1/s1. The first-order valence-electron chi connectivity index (χ1n) is 8.61. The molecule has 2 aliphatic carbocycles. The number of nitriles is 2. The summed E-state index contributed by atoms with van der Waals surface area (Å²) in [4.78, 5) is 24.8. The van der Waals surface area contributed by atoms with Crippen LogP contribution in [-0.2, 0) is 9.59 Å². The summed E-state index contributed by atoms with van der Waals surface area (Å²) >= 11 is 0. The lowest BCUT2D eigenvalue weighted by Crippen LogP contribution is -2.42. The van der Waals surface area contributed by atoms with Gasteiger partial charge in [0, 0.05) is 16.2 Å². The number of ketones is 2. The van der Waals surface area contributed by atoms with Crippen molar-refractivity contribution in [1.29, 1.82) is 10.5 Å². The Morgan fingerprint density at radius 1 is 1.04 bits per heavy atom. The van der Waals surface area contributed by atoms with Gasteiger partial charge in [0.1, 0.15) is 12.1 Å². The van der Waals surface area contributed by atoms with Gasteiger partial charge in [0.2, 0.25) is 0 Å². The van der Waals surface area contributed by atoms with Crippen LogP contribution in [0.2, 0.25) is 0 Å². The number of hydrogen-bond donors (Lipinski definition) is 0. The lowest BCUT2D eigenvalue weighted by molar-refractivity contribution is -0.124. The highest BCUT2D eigenvalue weighted by molar-refractivity contribution is 6.09. The van der Waals surface area contributed by atoms with Crippen LogP contribution in [0.15, 0.2) is 34.9 Å². The van der Waals surface area contributed by atoms with Gasteiger partial charge in [0.15, 0.2) is 11.6 Å². The molecule has 0 bridgehead atoms.